The fraction of sp³-hybridized carbons (Fsp3) is 0.667. The smallest absolute Gasteiger partial charge is 0.399 e. The SMILES string of the molecule is CC1(C)OB(c2ccc3c(cnn3C3CCCCO3)c2C2CC2)OC1(C)C. The number of ether oxygens (including phenoxy) is 1. The van der Waals surface area contributed by atoms with Crippen LogP contribution in [-0.2, 0) is 14.0 Å². The molecule has 5 rings (SSSR count). The Morgan fingerprint density at radius 2 is 1.78 bits per heavy atom. The number of hydrogen-bond donors (Lipinski definition) is 0. The van der Waals surface area contributed by atoms with E-state index in [0.29, 0.717) is 5.92 Å². The van der Waals surface area contributed by atoms with Gasteiger partial charge in [-0.05, 0) is 82.8 Å². The highest BCUT2D eigenvalue weighted by Crippen LogP contribution is 2.44. The molecule has 0 spiro atoms. The van der Waals surface area contributed by atoms with Gasteiger partial charge in [-0.1, -0.05) is 6.07 Å². The summed E-state index contributed by atoms with van der Waals surface area (Å²) in [5.74, 6) is 0.590. The van der Waals surface area contributed by atoms with Crippen LogP contribution in [0.3, 0.4) is 0 Å². The second kappa shape index (κ2) is 6.06. The average Bonchev–Trinajstić information content (AvgIpc) is 3.33. The van der Waals surface area contributed by atoms with Gasteiger partial charge in [0.25, 0.3) is 0 Å². The highest BCUT2D eigenvalue weighted by molar-refractivity contribution is 6.63. The minimum atomic E-state index is -0.326. The van der Waals surface area contributed by atoms with E-state index in [4.69, 9.17) is 19.1 Å². The lowest BCUT2D eigenvalue weighted by Crippen LogP contribution is -2.41. The molecule has 1 aromatic carbocycles. The van der Waals surface area contributed by atoms with Gasteiger partial charge in [0.15, 0.2) is 6.23 Å². The van der Waals surface area contributed by atoms with Gasteiger partial charge in [0.05, 0.1) is 22.9 Å². The second-order valence-corrected chi connectivity index (χ2v) is 9.27. The van der Waals surface area contributed by atoms with Crippen molar-refractivity contribution >= 4 is 23.5 Å². The van der Waals surface area contributed by atoms with Gasteiger partial charge >= 0.3 is 7.12 Å². The Morgan fingerprint density at radius 3 is 2.41 bits per heavy atom. The first-order valence-electron chi connectivity index (χ1n) is 10.3. The summed E-state index contributed by atoms with van der Waals surface area (Å²) >= 11 is 0. The molecule has 1 atom stereocenters. The molecule has 2 saturated heterocycles. The first kappa shape index (κ1) is 17.7. The molecule has 2 aromatic rings. The van der Waals surface area contributed by atoms with E-state index in [9.17, 15) is 0 Å². The number of hydrogen-bond acceptors (Lipinski definition) is 4. The molecule has 0 N–H and O–H groups in total. The normalized spacial score (nSPS) is 27.4. The van der Waals surface area contributed by atoms with Crippen molar-refractivity contribution in [1.82, 2.24) is 9.78 Å². The molecule has 3 heterocycles. The lowest BCUT2D eigenvalue weighted by atomic mass is 9.74. The van der Waals surface area contributed by atoms with Crippen molar-refractivity contribution in [2.24, 2.45) is 0 Å². The zero-order valence-corrected chi connectivity index (χ0v) is 16.8. The van der Waals surface area contributed by atoms with Crippen LogP contribution in [0.25, 0.3) is 10.9 Å². The first-order chi connectivity index (χ1) is 12.9. The monoisotopic (exact) mass is 368 g/mol. The van der Waals surface area contributed by atoms with Gasteiger partial charge in [-0.25, -0.2) is 4.68 Å². The molecule has 0 amide bonds. The van der Waals surface area contributed by atoms with Gasteiger partial charge in [0, 0.05) is 12.0 Å². The van der Waals surface area contributed by atoms with Crippen molar-refractivity contribution in [2.75, 3.05) is 6.61 Å². The summed E-state index contributed by atoms with van der Waals surface area (Å²) in [4.78, 5) is 0. The molecule has 1 unspecified atom stereocenters. The van der Waals surface area contributed by atoms with Crippen LogP contribution in [0.5, 0.6) is 0 Å². The Bertz CT molecular complexity index is 850. The molecule has 27 heavy (non-hydrogen) atoms. The molecule has 3 aliphatic rings. The Kier molecular flexibility index (Phi) is 3.98. The Balaban J connectivity index is 1.57. The second-order valence-electron chi connectivity index (χ2n) is 9.27. The maximum atomic E-state index is 6.37. The molecule has 0 radical (unpaired) electrons. The molecule has 5 nitrogen and oxygen atoms in total. The molecular formula is C21H29BN2O3. The molecule has 1 aromatic heterocycles. The first-order valence-corrected chi connectivity index (χ1v) is 10.3. The third-order valence-electron chi connectivity index (χ3n) is 6.78. The van der Waals surface area contributed by atoms with Crippen LogP contribution in [0.2, 0.25) is 0 Å². The summed E-state index contributed by atoms with van der Waals surface area (Å²) in [6.07, 6.45) is 7.94. The van der Waals surface area contributed by atoms with Crippen LogP contribution in [0.1, 0.15) is 77.5 Å². The maximum Gasteiger partial charge on any atom is 0.495 e. The molecular weight excluding hydrogens is 339 g/mol. The fourth-order valence-electron chi connectivity index (χ4n) is 4.31. The third-order valence-corrected chi connectivity index (χ3v) is 6.78. The summed E-state index contributed by atoms with van der Waals surface area (Å²) in [5, 5.41) is 5.96. The molecule has 1 saturated carbocycles. The number of fused-ring (bicyclic) bond motifs is 1. The van der Waals surface area contributed by atoms with Gasteiger partial charge in [0.2, 0.25) is 0 Å². The predicted octanol–water partition coefficient (Wildman–Crippen LogP) is 3.91. The third kappa shape index (κ3) is 2.84. The van der Waals surface area contributed by atoms with Crippen LogP contribution in [0.15, 0.2) is 18.3 Å². The standard InChI is InChI=1S/C21H29BN2O3/c1-20(2)21(3,4)27-22(26-20)16-10-11-17-15(19(16)14-8-9-14)13-23-24(17)18-7-5-6-12-25-18/h10-11,13-14,18H,5-9,12H2,1-4H3. The van der Waals surface area contributed by atoms with Crippen LogP contribution >= 0.6 is 0 Å². The van der Waals surface area contributed by atoms with Crippen molar-refractivity contribution in [3.63, 3.8) is 0 Å². The quantitative estimate of drug-likeness (QED) is 0.771. The Labute approximate surface area is 161 Å². The van der Waals surface area contributed by atoms with Crippen LogP contribution in [0.4, 0.5) is 0 Å². The van der Waals surface area contributed by atoms with Crippen molar-refractivity contribution in [3.8, 4) is 0 Å². The zero-order valence-electron chi connectivity index (χ0n) is 16.8. The van der Waals surface area contributed by atoms with E-state index < -0.39 is 0 Å². The van der Waals surface area contributed by atoms with Gasteiger partial charge in [-0.15, -0.1) is 0 Å². The number of nitrogens with zero attached hydrogens (tertiary/aromatic N) is 2. The summed E-state index contributed by atoms with van der Waals surface area (Å²) in [6.45, 7) is 9.27. The molecule has 6 heteroatoms. The van der Waals surface area contributed by atoms with E-state index in [1.165, 1.54) is 41.2 Å². The van der Waals surface area contributed by atoms with E-state index in [1.807, 2.05) is 6.20 Å². The van der Waals surface area contributed by atoms with E-state index in [0.717, 1.165) is 19.4 Å². The minimum Gasteiger partial charge on any atom is -0.399 e. The molecule has 144 valence electrons. The lowest BCUT2D eigenvalue weighted by Gasteiger charge is -2.32. The number of aromatic nitrogens is 2. The number of benzene rings is 1. The molecule has 0 bridgehead atoms. The zero-order chi connectivity index (χ0) is 18.8. The summed E-state index contributed by atoms with van der Waals surface area (Å²) in [6, 6.07) is 4.37. The van der Waals surface area contributed by atoms with Gasteiger partial charge in [-0.3, -0.25) is 0 Å². The van der Waals surface area contributed by atoms with E-state index >= 15 is 0 Å². The van der Waals surface area contributed by atoms with E-state index in [-0.39, 0.29) is 24.5 Å². The molecule has 1 aliphatic carbocycles. The van der Waals surface area contributed by atoms with Gasteiger partial charge in [-0.2, -0.15) is 5.10 Å². The Morgan fingerprint density at radius 1 is 1.04 bits per heavy atom. The lowest BCUT2D eigenvalue weighted by molar-refractivity contribution is -0.0366. The van der Waals surface area contributed by atoms with Crippen molar-refractivity contribution in [2.45, 2.75) is 83.1 Å². The van der Waals surface area contributed by atoms with Crippen molar-refractivity contribution in [1.29, 1.82) is 0 Å². The minimum absolute atomic E-state index is 0.0611. The van der Waals surface area contributed by atoms with Crippen molar-refractivity contribution < 1.29 is 14.0 Å². The fourth-order valence-corrected chi connectivity index (χ4v) is 4.31. The predicted molar refractivity (Wildman–Crippen MR) is 106 cm³/mol. The average molecular weight is 368 g/mol. The van der Waals surface area contributed by atoms with Crippen LogP contribution < -0.4 is 5.46 Å². The van der Waals surface area contributed by atoms with Crippen LogP contribution in [-0.4, -0.2) is 34.7 Å². The van der Waals surface area contributed by atoms with Gasteiger partial charge in [0.1, 0.15) is 0 Å². The van der Waals surface area contributed by atoms with Crippen LogP contribution in [0, 0.1) is 0 Å². The highest BCUT2D eigenvalue weighted by Gasteiger charge is 2.53. The maximum absolute atomic E-state index is 6.37. The Hall–Kier alpha value is -1.37. The summed E-state index contributed by atoms with van der Waals surface area (Å²) < 4.78 is 20.8. The summed E-state index contributed by atoms with van der Waals surface area (Å²) in [5.41, 5.74) is 3.06. The number of rotatable bonds is 3. The highest BCUT2D eigenvalue weighted by atomic mass is 16.7. The largest absolute Gasteiger partial charge is 0.495 e. The van der Waals surface area contributed by atoms with Gasteiger partial charge < -0.3 is 14.0 Å². The topological polar surface area (TPSA) is 45.5 Å². The molecule has 2 aliphatic heterocycles. The summed E-state index contributed by atoms with van der Waals surface area (Å²) in [7, 11) is -0.315. The van der Waals surface area contributed by atoms with E-state index in [2.05, 4.69) is 44.5 Å². The van der Waals surface area contributed by atoms with E-state index in [1.54, 1.807) is 0 Å². The molecule has 3 fully saturated rings. The van der Waals surface area contributed by atoms with Crippen molar-refractivity contribution in [3.05, 3.63) is 23.9 Å².